The number of amides is 1. The molecule has 0 spiro atoms. The van der Waals surface area contributed by atoms with E-state index in [1.807, 2.05) is 72.8 Å². The normalized spacial score (nSPS) is 15.2. The number of methoxy groups -OCH3 is 1. The molecule has 0 aliphatic carbocycles. The van der Waals surface area contributed by atoms with Gasteiger partial charge < -0.3 is 19.5 Å². The van der Waals surface area contributed by atoms with E-state index in [9.17, 15) is 4.79 Å². The van der Waals surface area contributed by atoms with E-state index in [1.165, 1.54) is 0 Å². The molecule has 1 saturated heterocycles. The summed E-state index contributed by atoms with van der Waals surface area (Å²) in [5.74, 6) is 2.10. The van der Waals surface area contributed by atoms with Gasteiger partial charge in [0.2, 0.25) is 0 Å². The second-order valence-electron chi connectivity index (χ2n) is 7.88. The zero-order valence-electron chi connectivity index (χ0n) is 18.8. The van der Waals surface area contributed by atoms with Crippen LogP contribution in [0.2, 0.25) is 0 Å². The molecule has 1 unspecified atom stereocenters. The highest BCUT2D eigenvalue weighted by Crippen LogP contribution is 2.29. The maximum absolute atomic E-state index is 12.9. The molecule has 0 radical (unpaired) electrons. The largest absolute Gasteiger partial charge is 0.493 e. The summed E-state index contributed by atoms with van der Waals surface area (Å²) in [4.78, 5) is 13.9. The Kier molecular flexibility index (Phi) is 8.28. The second-order valence-corrected chi connectivity index (χ2v) is 8.95. The number of nitrogens with one attached hydrogen (secondary N) is 1. The summed E-state index contributed by atoms with van der Waals surface area (Å²) >= 11 is 1.68. The number of ether oxygens (including phenoxy) is 3. The molecule has 1 N–H and O–H groups in total. The Morgan fingerprint density at radius 3 is 2.64 bits per heavy atom. The van der Waals surface area contributed by atoms with Gasteiger partial charge in [0, 0.05) is 23.8 Å². The maximum Gasteiger partial charge on any atom is 0.252 e. The van der Waals surface area contributed by atoms with E-state index >= 15 is 0 Å². The summed E-state index contributed by atoms with van der Waals surface area (Å²) in [6, 6.07) is 23.5. The van der Waals surface area contributed by atoms with Crippen molar-refractivity contribution in [1.29, 1.82) is 0 Å². The number of thioether (sulfide) groups is 1. The minimum absolute atomic E-state index is 0.0891. The number of carbonyl (C=O) groups excluding carboxylic acids is 1. The van der Waals surface area contributed by atoms with Gasteiger partial charge in [-0.2, -0.15) is 0 Å². The molecule has 5 nitrogen and oxygen atoms in total. The van der Waals surface area contributed by atoms with Gasteiger partial charge >= 0.3 is 0 Å². The Labute approximate surface area is 199 Å². The first-order chi connectivity index (χ1) is 16.2. The molecule has 0 aromatic heterocycles. The van der Waals surface area contributed by atoms with Gasteiger partial charge in [-0.15, -0.1) is 11.8 Å². The third kappa shape index (κ3) is 6.53. The summed E-state index contributed by atoms with van der Waals surface area (Å²) < 4.78 is 17.1. The molecule has 4 rings (SSSR count). The summed E-state index contributed by atoms with van der Waals surface area (Å²) in [5.41, 5.74) is 2.72. The highest BCUT2D eigenvalue weighted by Gasteiger charge is 2.18. The number of carbonyl (C=O) groups is 1. The molecular weight excluding hydrogens is 434 g/mol. The van der Waals surface area contributed by atoms with Crippen molar-refractivity contribution in [2.24, 2.45) is 0 Å². The van der Waals surface area contributed by atoms with E-state index in [-0.39, 0.29) is 12.0 Å². The van der Waals surface area contributed by atoms with Crippen LogP contribution < -0.4 is 14.8 Å². The summed E-state index contributed by atoms with van der Waals surface area (Å²) in [6.07, 6.45) is 2.49. The second kappa shape index (κ2) is 11.8. The average Bonchev–Trinajstić information content (AvgIpc) is 3.39. The maximum atomic E-state index is 12.9. The molecule has 1 fully saturated rings. The quantitative estimate of drug-likeness (QED) is 0.404. The number of hydrogen-bond donors (Lipinski definition) is 1. The van der Waals surface area contributed by atoms with Crippen LogP contribution in [0.4, 0.5) is 0 Å². The lowest BCUT2D eigenvalue weighted by molar-refractivity contribution is 0.0947. The van der Waals surface area contributed by atoms with Crippen LogP contribution in [-0.4, -0.2) is 31.5 Å². The Bertz CT molecular complexity index is 1050. The molecule has 3 aromatic rings. The standard InChI is InChI=1S/C27H29NO4S/c1-30-25-16-21(13-14-24(25)32-18-20-8-3-2-4-9-20)17-28-27(29)23-11-5-6-12-26(23)33-19-22-10-7-15-31-22/h2-6,8-9,11-14,16,22H,7,10,15,17-19H2,1H3,(H,28,29). The Morgan fingerprint density at radius 2 is 1.85 bits per heavy atom. The zero-order valence-corrected chi connectivity index (χ0v) is 19.6. The van der Waals surface area contributed by atoms with Gasteiger partial charge in [0.05, 0.1) is 18.8 Å². The average molecular weight is 464 g/mol. The Morgan fingerprint density at radius 1 is 1.03 bits per heavy atom. The van der Waals surface area contributed by atoms with Crippen molar-refractivity contribution in [2.45, 2.75) is 37.0 Å². The van der Waals surface area contributed by atoms with E-state index in [0.29, 0.717) is 30.2 Å². The van der Waals surface area contributed by atoms with Gasteiger partial charge in [-0.3, -0.25) is 4.79 Å². The van der Waals surface area contributed by atoms with Crippen molar-refractivity contribution >= 4 is 17.7 Å². The first-order valence-corrected chi connectivity index (χ1v) is 12.2. The van der Waals surface area contributed by atoms with Gasteiger partial charge in [0.25, 0.3) is 5.91 Å². The SMILES string of the molecule is COc1cc(CNC(=O)c2ccccc2SCC2CCCO2)ccc1OCc1ccccc1. The molecule has 3 aromatic carbocycles. The van der Waals surface area contributed by atoms with Gasteiger partial charge in [0.15, 0.2) is 11.5 Å². The molecular formula is C27H29NO4S. The van der Waals surface area contributed by atoms with Crippen LogP contribution in [0.25, 0.3) is 0 Å². The van der Waals surface area contributed by atoms with E-state index < -0.39 is 0 Å². The van der Waals surface area contributed by atoms with E-state index in [2.05, 4.69) is 5.32 Å². The van der Waals surface area contributed by atoms with Crippen LogP contribution in [0.15, 0.2) is 77.7 Å². The van der Waals surface area contributed by atoms with Gasteiger partial charge in [0.1, 0.15) is 6.61 Å². The first-order valence-electron chi connectivity index (χ1n) is 11.2. The molecule has 1 amide bonds. The molecule has 1 aliphatic rings. The molecule has 1 heterocycles. The van der Waals surface area contributed by atoms with Gasteiger partial charge in [-0.05, 0) is 48.2 Å². The van der Waals surface area contributed by atoms with Gasteiger partial charge in [-0.1, -0.05) is 48.5 Å². The van der Waals surface area contributed by atoms with Gasteiger partial charge in [-0.25, -0.2) is 0 Å². The van der Waals surface area contributed by atoms with Crippen molar-refractivity contribution in [1.82, 2.24) is 5.32 Å². The van der Waals surface area contributed by atoms with Crippen LogP contribution >= 0.6 is 11.8 Å². The third-order valence-electron chi connectivity index (χ3n) is 5.50. The van der Waals surface area contributed by atoms with E-state index in [0.717, 1.165) is 41.2 Å². The number of benzene rings is 3. The summed E-state index contributed by atoms with van der Waals surface area (Å²) in [5, 5.41) is 3.03. The number of rotatable bonds is 10. The molecule has 33 heavy (non-hydrogen) atoms. The van der Waals surface area contributed by atoms with Crippen molar-refractivity contribution < 1.29 is 19.0 Å². The van der Waals surface area contributed by atoms with Crippen molar-refractivity contribution in [2.75, 3.05) is 19.5 Å². The topological polar surface area (TPSA) is 56.8 Å². The van der Waals surface area contributed by atoms with Crippen LogP contribution in [0.5, 0.6) is 11.5 Å². The first kappa shape index (κ1) is 23.2. The number of hydrogen-bond acceptors (Lipinski definition) is 5. The Hall–Kier alpha value is -2.96. The lowest BCUT2D eigenvalue weighted by atomic mass is 10.1. The molecule has 6 heteroatoms. The third-order valence-corrected chi connectivity index (χ3v) is 6.70. The molecule has 1 atom stereocenters. The van der Waals surface area contributed by atoms with E-state index in [1.54, 1.807) is 18.9 Å². The molecule has 0 saturated carbocycles. The predicted molar refractivity (Wildman–Crippen MR) is 131 cm³/mol. The van der Waals surface area contributed by atoms with Crippen molar-refractivity contribution in [3.05, 3.63) is 89.5 Å². The van der Waals surface area contributed by atoms with Crippen LogP contribution in [0.1, 0.15) is 34.3 Å². The summed E-state index contributed by atoms with van der Waals surface area (Å²) in [6.45, 7) is 1.71. The van der Waals surface area contributed by atoms with Crippen molar-refractivity contribution in [3.8, 4) is 11.5 Å². The molecule has 172 valence electrons. The van der Waals surface area contributed by atoms with Crippen LogP contribution in [-0.2, 0) is 17.9 Å². The molecule has 0 bridgehead atoms. The monoisotopic (exact) mass is 463 g/mol. The van der Waals surface area contributed by atoms with Crippen LogP contribution in [0, 0.1) is 0 Å². The Balaban J connectivity index is 1.35. The minimum atomic E-state index is -0.0891. The fraction of sp³-hybridized carbons (Fsp3) is 0.296. The van der Waals surface area contributed by atoms with Crippen molar-refractivity contribution in [3.63, 3.8) is 0 Å². The highest BCUT2D eigenvalue weighted by molar-refractivity contribution is 7.99. The predicted octanol–water partition coefficient (Wildman–Crippen LogP) is 5.48. The minimum Gasteiger partial charge on any atom is -0.493 e. The van der Waals surface area contributed by atoms with Crippen LogP contribution in [0.3, 0.4) is 0 Å². The lowest BCUT2D eigenvalue weighted by Gasteiger charge is -2.14. The summed E-state index contributed by atoms with van der Waals surface area (Å²) in [7, 11) is 1.62. The molecule has 1 aliphatic heterocycles. The highest BCUT2D eigenvalue weighted by atomic mass is 32.2. The fourth-order valence-corrected chi connectivity index (χ4v) is 4.81. The van der Waals surface area contributed by atoms with E-state index in [4.69, 9.17) is 14.2 Å². The lowest BCUT2D eigenvalue weighted by Crippen LogP contribution is -2.23. The smallest absolute Gasteiger partial charge is 0.252 e. The zero-order chi connectivity index (χ0) is 22.9. The fourth-order valence-electron chi connectivity index (χ4n) is 3.69.